The first-order valence-corrected chi connectivity index (χ1v) is 8.32. The lowest BCUT2D eigenvalue weighted by Gasteiger charge is -2.23. The Morgan fingerprint density at radius 1 is 1.12 bits per heavy atom. The highest BCUT2D eigenvalue weighted by molar-refractivity contribution is 5.95. The van der Waals surface area contributed by atoms with Crippen molar-refractivity contribution in [2.75, 3.05) is 14.2 Å². The van der Waals surface area contributed by atoms with Crippen LogP contribution in [0.25, 0.3) is 0 Å². The van der Waals surface area contributed by atoms with E-state index in [1.807, 2.05) is 53.4 Å². The lowest BCUT2D eigenvalue weighted by Crippen LogP contribution is -2.32. The van der Waals surface area contributed by atoms with Gasteiger partial charge in [0.1, 0.15) is 12.9 Å². The molecule has 1 aliphatic carbocycles. The molecule has 1 saturated carbocycles. The Balaban J connectivity index is 1.73. The first kappa shape index (κ1) is 17.0. The van der Waals surface area contributed by atoms with E-state index in [-0.39, 0.29) is 5.91 Å². The number of rotatable bonds is 7. The third-order valence-electron chi connectivity index (χ3n) is 4.23. The summed E-state index contributed by atoms with van der Waals surface area (Å²) in [4.78, 5) is 19.6. The van der Waals surface area contributed by atoms with Crippen LogP contribution >= 0.6 is 0 Å². The topological polar surface area (TPSA) is 51.1 Å². The van der Waals surface area contributed by atoms with Crippen molar-refractivity contribution in [3.63, 3.8) is 0 Å². The van der Waals surface area contributed by atoms with Gasteiger partial charge in [0.15, 0.2) is 0 Å². The van der Waals surface area contributed by atoms with Crippen molar-refractivity contribution in [2.45, 2.75) is 25.4 Å². The molecule has 1 fully saturated rings. The van der Waals surface area contributed by atoms with E-state index in [4.69, 9.17) is 4.74 Å². The first-order chi connectivity index (χ1) is 12.2. The molecule has 0 unspecified atom stereocenters. The largest absolute Gasteiger partial charge is 0.497 e. The van der Waals surface area contributed by atoms with E-state index in [0.29, 0.717) is 18.2 Å². The number of carbonyl (C=O) groups is 1. The van der Waals surface area contributed by atoms with Crippen LogP contribution in [0.2, 0.25) is 0 Å². The monoisotopic (exact) mass is 338 g/mol. The maximum absolute atomic E-state index is 12.9. The summed E-state index contributed by atoms with van der Waals surface area (Å²) in [5.41, 5.74) is 2.69. The summed E-state index contributed by atoms with van der Waals surface area (Å²) in [5.74, 6) is 0.884. The van der Waals surface area contributed by atoms with Gasteiger partial charge < -0.3 is 14.5 Å². The van der Waals surface area contributed by atoms with Crippen LogP contribution in [-0.4, -0.2) is 37.3 Å². The van der Waals surface area contributed by atoms with Gasteiger partial charge in [0.2, 0.25) is 0 Å². The molecule has 0 spiro atoms. The van der Waals surface area contributed by atoms with Crippen LogP contribution in [-0.2, 0) is 11.4 Å². The molecule has 0 radical (unpaired) electrons. The van der Waals surface area contributed by atoms with E-state index in [1.165, 1.54) is 7.11 Å². The Hall–Kier alpha value is -2.82. The van der Waals surface area contributed by atoms with Gasteiger partial charge in [-0.3, -0.25) is 4.79 Å². The number of hydrogen-bond donors (Lipinski definition) is 0. The SMILES string of the molecule is CO/N=C/c1ccc(C(=O)N(Cc2ccc(OC)cc2)C2CC2)cc1. The van der Waals surface area contributed by atoms with Crippen molar-refractivity contribution in [1.82, 2.24) is 4.90 Å². The van der Waals surface area contributed by atoms with Crippen molar-refractivity contribution in [3.8, 4) is 5.75 Å². The summed E-state index contributed by atoms with van der Waals surface area (Å²) in [5, 5.41) is 3.73. The molecule has 2 aromatic rings. The number of hydrogen-bond acceptors (Lipinski definition) is 4. The van der Waals surface area contributed by atoms with Crippen molar-refractivity contribution in [3.05, 3.63) is 65.2 Å². The number of ether oxygens (including phenoxy) is 1. The molecule has 25 heavy (non-hydrogen) atoms. The standard InChI is InChI=1S/C20H22N2O3/c1-24-19-11-5-16(6-12-19)14-22(18-9-10-18)20(23)17-7-3-15(4-8-17)13-21-25-2/h3-8,11-13,18H,9-10,14H2,1-2H3/b21-13+. The minimum atomic E-state index is 0.0635. The molecule has 0 aromatic heterocycles. The molecule has 2 aromatic carbocycles. The third kappa shape index (κ3) is 4.38. The normalized spacial score (nSPS) is 13.7. The fourth-order valence-electron chi connectivity index (χ4n) is 2.67. The summed E-state index contributed by atoms with van der Waals surface area (Å²) in [6.45, 7) is 0.611. The predicted octanol–water partition coefficient (Wildman–Crippen LogP) is 3.48. The zero-order chi connectivity index (χ0) is 17.6. The van der Waals surface area contributed by atoms with Crippen LogP contribution in [0.3, 0.4) is 0 Å². The van der Waals surface area contributed by atoms with E-state index in [1.54, 1.807) is 13.3 Å². The smallest absolute Gasteiger partial charge is 0.254 e. The molecule has 0 N–H and O–H groups in total. The van der Waals surface area contributed by atoms with Gasteiger partial charge in [-0.15, -0.1) is 0 Å². The molecule has 0 aliphatic heterocycles. The zero-order valence-corrected chi connectivity index (χ0v) is 14.5. The average molecular weight is 338 g/mol. The van der Waals surface area contributed by atoms with Crippen molar-refractivity contribution < 1.29 is 14.4 Å². The second-order valence-electron chi connectivity index (χ2n) is 6.05. The number of methoxy groups -OCH3 is 1. The molecular formula is C20H22N2O3. The van der Waals surface area contributed by atoms with Crippen LogP contribution in [0.4, 0.5) is 0 Å². The number of amides is 1. The minimum absolute atomic E-state index is 0.0635. The Bertz CT molecular complexity index is 735. The van der Waals surface area contributed by atoms with Gasteiger partial charge in [0.05, 0.1) is 13.3 Å². The van der Waals surface area contributed by atoms with E-state index >= 15 is 0 Å². The molecular weight excluding hydrogens is 316 g/mol. The fraction of sp³-hybridized carbons (Fsp3) is 0.300. The first-order valence-electron chi connectivity index (χ1n) is 8.32. The highest BCUT2D eigenvalue weighted by Gasteiger charge is 2.33. The van der Waals surface area contributed by atoms with E-state index in [2.05, 4.69) is 9.99 Å². The summed E-state index contributed by atoms with van der Waals surface area (Å²) < 4.78 is 5.19. The molecule has 3 rings (SSSR count). The van der Waals surface area contributed by atoms with E-state index < -0.39 is 0 Å². The van der Waals surface area contributed by atoms with Gasteiger partial charge >= 0.3 is 0 Å². The molecule has 1 aliphatic rings. The summed E-state index contributed by atoms with van der Waals surface area (Å²) >= 11 is 0. The maximum atomic E-state index is 12.9. The van der Waals surface area contributed by atoms with E-state index in [9.17, 15) is 4.79 Å². The summed E-state index contributed by atoms with van der Waals surface area (Å²) in [6.07, 6.45) is 3.76. The van der Waals surface area contributed by atoms with Crippen LogP contribution in [0.15, 0.2) is 53.7 Å². The van der Waals surface area contributed by atoms with Crippen molar-refractivity contribution >= 4 is 12.1 Å². The van der Waals surface area contributed by atoms with Gasteiger partial charge in [0.25, 0.3) is 5.91 Å². The Kier molecular flexibility index (Phi) is 5.33. The molecule has 5 heteroatoms. The highest BCUT2D eigenvalue weighted by Crippen LogP contribution is 2.30. The molecule has 5 nitrogen and oxygen atoms in total. The van der Waals surface area contributed by atoms with Crippen LogP contribution in [0.1, 0.15) is 34.3 Å². The van der Waals surface area contributed by atoms with E-state index in [0.717, 1.165) is 29.7 Å². The Labute approximate surface area is 147 Å². The highest BCUT2D eigenvalue weighted by atomic mass is 16.6. The Morgan fingerprint density at radius 3 is 2.36 bits per heavy atom. The van der Waals surface area contributed by atoms with Gasteiger partial charge in [-0.05, 0) is 48.2 Å². The maximum Gasteiger partial charge on any atom is 0.254 e. The quantitative estimate of drug-likeness (QED) is 0.574. The lowest BCUT2D eigenvalue weighted by molar-refractivity contribution is 0.0730. The predicted molar refractivity (Wildman–Crippen MR) is 96.9 cm³/mol. The molecule has 0 heterocycles. The zero-order valence-electron chi connectivity index (χ0n) is 14.5. The van der Waals surface area contributed by atoms with Crippen LogP contribution in [0.5, 0.6) is 5.75 Å². The summed E-state index contributed by atoms with van der Waals surface area (Å²) in [7, 11) is 3.15. The fourth-order valence-corrected chi connectivity index (χ4v) is 2.67. The van der Waals surface area contributed by atoms with Gasteiger partial charge in [-0.2, -0.15) is 0 Å². The molecule has 0 bridgehead atoms. The molecule has 0 atom stereocenters. The van der Waals surface area contributed by atoms with Crippen molar-refractivity contribution in [1.29, 1.82) is 0 Å². The number of carbonyl (C=O) groups excluding carboxylic acids is 1. The van der Waals surface area contributed by atoms with Gasteiger partial charge in [-0.25, -0.2) is 0 Å². The summed E-state index contributed by atoms with van der Waals surface area (Å²) in [6, 6.07) is 15.6. The lowest BCUT2D eigenvalue weighted by atomic mass is 10.1. The number of benzene rings is 2. The van der Waals surface area contributed by atoms with Crippen LogP contribution in [0, 0.1) is 0 Å². The second kappa shape index (κ2) is 7.83. The number of nitrogens with zero attached hydrogens (tertiary/aromatic N) is 2. The second-order valence-corrected chi connectivity index (χ2v) is 6.05. The third-order valence-corrected chi connectivity index (χ3v) is 4.23. The number of oxime groups is 1. The minimum Gasteiger partial charge on any atom is -0.497 e. The van der Waals surface area contributed by atoms with Gasteiger partial charge in [0, 0.05) is 18.2 Å². The molecule has 1 amide bonds. The molecule has 130 valence electrons. The van der Waals surface area contributed by atoms with Crippen LogP contribution < -0.4 is 4.74 Å². The van der Waals surface area contributed by atoms with Gasteiger partial charge in [-0.1, -0.05) is 29.4 Å². The average Bonchev–Trinajstić information content (AvgIpc) is 3.50. The Morgan fingerprint density at radius 2 is 1.80 bits per heavy atom. The molecule has 0 saturated heterocycles. The van der Waals surface area contributed by atoms with Crippen molar-refractivity contribution in [2.24, 2.45) is 5.16 Å².